The van der Waals surface area contributed by atoms with Crippen LogP contribution in [0.25, 0.3) is 0 Å². The molecule has 0 radical (unpaired) electrons. The fourth-order valence-corrected chi connectivity index (χ4v) is 3.07. The van der Waals surface area contributed by atoms with Gasteiger partial charge in [-0.2, -0.15) is 0 Å². The van der Waals surface area contributed by atoms with Crippen LogP contribution in [0.1, 0.15) is 24.0 Å². The van der Waals surface area contributed by atoms with E-state index < -0.39 is 0 Å². The highest BCUT2D eigenvalue weighted by Gasteiger charge is 2.20. The predicted molar refractivity (Wildman–Crippen MR) is 82.6 cm³/mol. The quantitative estimate of drug-likeness (QED) is 0.902. The van der Waals surface area contributed by atoms with Crippen molar-refractivity contribution in [1.29, 1.82) is 0 Å². The SMILES string of the molecule is Cc1cc(CN)ccc1N1CCC(CN(C)C)CC1. The van der Waals surface area contributed by atoms with Crippen molar-refractivity contribution in [3.05, 3.63) is 29.3 Å². The lowest BCUT2D eigenvalue weighted by atomic mass is 9.95. The minimum atomic E-state index is 0.631. The van der Waals surface area contributed by atoms with Gasteiger partial charge in [0, 0.05) is 31.9 Å². The van der Waals surface area contributed by atoms with Crippen molar-refractivity contribution >= 4 is 5.69 Å². The molecule has 1 saturated heterocycles. The third-order valence-corrected chi connectivity index (χ3v) is 4.08. The second-order valence-electron chi connectivity index (χ2n) is 6.02. The number of hydrogen-bond acceptors (Lipinski definition) is 3. The van der Waals surface area contributed by atoms with Crippen LogP contribution in [0.5, 0.6) is 0 Å². The molecule has 0 aliphatic carbocycles. The standard InChI is InChI=1S/C16H27N3/c1-13-10-15(11-17)4-5-16(13)19-8-6-14(7-9-19)12-18(2)3/h4-5,10,14H,6-9,11-12,17H2,1-3H3. The molecule has 2 N–H and O–H groups in total. The zero-order valence-electron chi connectivity index (χ0n) is 12.5. The number of rotatable bonds is 4. The van der Waals surface area contributed by atoms with Gasteiger partial charge in [-0.3, -0.25) is 0 Å². The van der Waals surface area contributed by atoms with E-state index in [1.165, 1.54) is 49.3 Å². The molecule has 0 amide bonds. The van der Waals surface area contributed by atoms with E-state index in [0.717, 1.165) is 5.92 Å². The van der Waals surface area contributed by atoms with Gasteiger partial charge in [0.25, 0.3) is 0 Å². The molecule has 2 rings (SSSR count). The Morgan fingerprint density at radius 2 is 1.95 bits per heavy atom. The van der Waals surface area contributed by atoms with E-state index in [1.54, 1.807) is 0 Å². The molecule has 19 heavy (non-hydrogen) atoms. The molecule has 0 unspecified atom stereocenters. The second kappa shape index (κ2) is 6.40. The van der Waals surface area contributed by atoms with E-state index >= 15 is 0 Å². The highest BCUT2D eigenvalue weighted by molar-refractivity contribution is 5.54. The first-order valence-corrected chi connectivity index (χ1v) is 7.29. The minimum Gasteiger partial charge on any atom is -0.371 e. The molecule has 1 aliphatic heterocycles. The minimum absolute atomic E-state index is 0.631. The van der Waals surface area contributed by atoms with E-state index in [1.807, 2.05) is 0 Å². The molecule has 0 bridgehead atoms. The van der Waals surface area contributed by atoms with Crippen LogP contribution in [0.3, 0.4) is 0 Å². The fraction of sp³-hybridized carbons (Fsp3) is 0.625. The third kappa shape index (κ3) is 3.71. The van der Waals surface area contributed by atoms with E-state index in [2.05, 4.69) is 49.0 Å². The van der Waals surface area contributed by atoms with Crippen molar-refractivity contribution in [3.8, 4) is 0 Å². The summed E-state index contributed by atoms with van der Waals surface area (Å²) in [5.74, 6) is 0.856. The molecular formula is C16H27N3. The number of nitrogens with two attached hydrogens (primary N) is 1. The monoisotopic (exact) mass is 261 g/mol. The van der Waals surface area contributed by atoms with Gasteiger partial charge in [0.05, 0.1) is 0 Å². The number of benzene rings is 1. The summed E-state index contributed by atoms with van der Waals surface area (Å²) in [6, 6.07) is 6.62. The van der Waals surface area contributed by atoms with Gasteiger partial charge in [-0.15, -0.1) is 0 Å². The molecule has 1 heterocycles. The van der Waals surface area contributed by atoms with Crippen LogP contribution in [-0.4, -0.2) is 38.6 Å². The molecule has 3 nitrogen and oxygen atoms in total. The first kappa shape index (κ1) is 14.4. The van der Waals surface area contributed by atoms with Crippen LogP contribution in [0.2, 0.25) is 0 Å². The van der Waals surface area contributed by atoms with E-state index in [4.69, 9.17) is 5.73 Å². The molecule has 106 valence electrons. The maximum atomic E-state index is 5.69. The summed E-state index contributed by atoms with van der Waals surface area (Å²) in [4.78, 5) is 4.84. The maximum Gasteiger partial charge on any atom is 0.0396 e. The van der Waals surface area contributed by atoms with Crippen molar-refractivity contribution in [3.63, 3.8) is 0 Å². The van der Waals surface area contributed by atoms with Crippen molar-refractivity contribution in [2.75, 3.05) is 38.6 Å². The van der Waals surface area contributed by atoms with E-state index in [9.17, 15) is 0 Å². The highest BCUT2D eigenvalue weighted by Crippen LogP contribution is 2.27. The van der Waals surface area contributed by atoms with E-state index in [-0.39, 0.29) is 0 Å². The van der Waals surface area contributed by atoms with E-state index in [0.29, 0.717) is 6.54 Å². The van der Waals surface area contributed by atoms with Crippen molar-refractivity contribution in [2.45, 2.75) is 26.3 Å². The Bertz CT molecular complexity index is 406. The first-order valence-electron chi connectivity index (χ1n) is 7.29. The highest BCUT2D eigenvalue weighted by atomic mass is 15.1. The Morgan fingerprint density at radius 1 is 1.26 bits per heavy atom. The maximum absolute atomic E-state index is 5.69. The Hall–Kier alpha value is -1.06. The number of nitrogens with zero attached hydrogens (tertiary/aromatic N) is 2. The Kier molecular flexibility index (Phi) is 4.83. The van der Waals surface area contributed by atoms with Gasteiger partial charge in [-0.1, -0.05) is 12.1 Å². The van der Waals surface area contributed by atoms with Gasteiger partial charge in [0.15, 0.2) is 0 Å². The summed E-state index contributed by atoms with van der Waals surface area (Å²) in [7, 11) is 4.34. The van der Waals surface area contributed by atoms with Crippen molar-refractivity contribution < 1.29 is 0 Å². The Morgan fingerprint density at radius 3 is 2.47 bits per heavy atom. The Labute approximate surface area is 117 Å². The zero-order chi connectivity index (χ0) is 13.8. The molecule has 0 saturated carbocycles. The molecule has 1 aliphatic rings. The zero-order valence-corrected chi connectivity index (χ0v) is 12.5. The molecule has 3 heteroatoms. The van der Waals surface area contributed by atoms with Crippen molar-refractivity contribution in [2.24, 2.45) is 11.7 Å². The molecule has 0 aromatic heterocycles. The summed E-state index contributed by atoms with van der Waals surface area (Å²) in [5.41, 5.74) is 9.66. The lowest BCUT2D eigenvalue weighted by Gasteiger charge is -2.35. The summed E-state index contributed by atoms with van der Waals surface area (Å²) in [6.45, 7) is 6.41. The van der Waals surface area contributed by atoms with Crippen molar-refractivity contribution in [1.82, 2.24) is 4.90 Å². The summed E-state index contributed by atoms with van der Waals surface area (Å²) >= 11 is 0. The topological polar surface area (TPSA) is 32.5 Å². The Balaban J connectivity index is 1.97. The van der Waals surface area contributed by atoms with Crippen LogP contribution >= 0.6 is 0 Å². The van der Waals surface area contributed by atoms with Crippen LogP contribution in [0, 0.1) is 12.8 Å². The molecule has 0 atom stereocenters. The molecular weight excluding hydrogens is 234 g/mol. The molecule has 1 aromatic carbocycles. The largest absolute Gasteiger partial charge is 0.371 e. The lowest BCUT2D eigenvalue weighted by molar-refractivity contribution is 0.285. The predicted octanol–water partition coefficient (Wildman–Crippen LogP) is 2.23. The van der Waals surface area contributed by atoms with Gasteiger partial charge in [0.1, 0.15) is 0 Å². The third-order valence-electron chi connectivity index (χ3n) is 4.08. The average molecular weight is 261 g/mol. The van der Waals surface area contributed by atoms with Gasteiger partial charge in [0.2, 0.25) is 0 Å². The summed E-state index contributed by atoms with van der Waals surface area (Å²) < 4.78 is 0. The van der Waals surface area contributed by atoms with Gasteiger partial charge in [-0.05, 0) is 57.0 Å². The second-order valence-corrected chi connectivity index (χ2v) is 6.02. The van der Waals surface area contributed by atoms with Crippen LogP contribution < -0.4 is 10.6 Å². The number of hydrogen-bond donors (Lipinski definition) is 1. The molecule has 1 aromatic rings. The first-order chi connectivity index (χ1) is 9.10. The lowest BCUT2D eigenvalue weighted by Crippen LogP contribution is -2.37. The van der Waals surface area contributed by atoms with Gasteiger partial charge >= 0.3 is 0 Å². The van der Waals surface area contributed by atoms with Crippen LogP contribution in [-0.2, 0) is 6.54 Å². The number of aryl methyl sites for hydroxylation is 1. The fourth-order valence-electron chi connectivity index (χ4n) is 3.07. The average Bonchev–Trinajstić information content (AvgIpc) is 2.39. The molecule has 0 spiro atoms. The van der Waals surface area contributed by atoms with Gasteiger partial charge < -0.3 is 15.5 Å². The summed E-state index contributed by atoms with van der Waals surface area (Å²) in [5, 5.41) is 0. The normalized spacial score (nSPS) is 17.2. The van der Waals surface area contributed by atoms with Crippen LogP contribution in [0.15, 0.2) is 18.2 Å². The van der Waals surface area contributed by atoms with Gasteiger partial charge in [-0.25, -0.2) is 0 Å². The molecule has 1 fully saturated rings. The smallest absolute Gasteiger partial charge is 0.0396 e. The van der Waals surface area contributed by atoms with Crippen LogP contribution in [0.4, 0.5) is 5.69 Å². The number of piperidine rings is 1. The summed E-state index contributed by atoms with van der Waals surface area (Å²) in [6.07, 6.45) is 2.60. The number of anilines is 1.